The molecule has 1 fully saturated rings. The number of aromatic nitrogens is 2. The maximum Gasteiger partial charge on any atom is 0.337 e. The molecule has 0 saturated heterocycles. The molecule has 0 aliphatic heterocycles. The fourth-order valence-corrected chi connectivity index (χ4v) is 2.82. The predicted octanol–water partition coefficient (Wildman–Crippen LogP) is 3.35. The molecule has 1 aliphatic rings. The number of rotatable bonds is 3. The van der Waals surface area contributed by atoms with Gasteiger partial charge in [0, 0.05) is 5.92 Å². The van der Waals surface area contributed by atoms with Crippen LogP contribution in [0.2, 0.25) is 0 Å². The Bertz CT molecular complexity index is 633. The highest BCUT2D eigenvalue weighted by molar-refractivity contribution is 6.02. The fourth-order valence-electron chi connectivity index (χ4n) is 2.82. The molecule has 6 heteroatoms. The Morgan fingerprint density at radius 2 is 2.10 bits per heavy atom. The van der Waals surface area contributed by atoms with Gasteiger partial charge in [-0.25, -0.2) is 9.78 Å². The zero-order valence-corrected chi connectivity index (χ0v) is 12.0. The number of aromatic carboxylic acids is 1. The smallest absolute Gasteiger partial charge is 0.337 e. The first-order valence-electron chi connectivity index (χ1n) is 6.50. The van der Waals surface area contributed by atoms with E-state index in [0.717, 1.165) is 18.7 Å². The molecule has 1 aliphatic carbocycles. The Hall–Kier alpha value is -1.75. The molecule has 0 unspecified atom stereocenters. The van der Waals surface area contributed by atoms with Crippen LogP contribution in [-0.4, -0.2) is 28.2 Å². The number of nitrogens with zero attached hydrogens (tertiary/aromatic N) is 1. The number of hydrogen-bond acceptors (Lipinski definition) is 3. The van der Waals surface area contributed by atoms with E-state index < -0.39 is 5.97 Å². The molecule has 0 spiro atoms. The summed E-state index contributed by atoms with van der Waals surface area (Å²) in [5.41, 5.74) is 1.42. The van der Waals surface area contributed by atoms with Crippen LogP contribution in [0.4, 0.5) is 0 Å². The minimum absolute atomic E-state index is 0. The summed E-state index contributed by atoms with van der Waals surface area (Å²) < 4.78 is 5.26. The van der Waals surface area contributed by atoms with Crippen LogP contribution in [0.5, 0.6) is 5.75 Å². The van der Waals surface area contributed by atoms with Gasteiger partial charge in [-0.05, 0) is 25.0 Å². The lowest BCUT2D eigenvalue weighted by Crippen LogP contribution is -1.98. The van der Waals surface area contributed by atoms with Crippen LogP contribution in [0.1, 0.15) is 47.8 Å². The summed E-state index contributed by atoms with van der Waals surface area (Å²) in [6.07, 6.45) is 4.66. The van der Waals surface area contributed by atoms with Crippen LogP contribution in [0.15, 0.2) is 12.1 Å². The molecule has 2 N–H and O–H groups in total. The van der Waals surface area contributed by atoms with E-state index in [-0.39, 0.29) is 18.0 Å². The third kappa shape index (κ3) is 2.33. The van der Waals surface area contributed by atoms with Crippen molar-refractivity contribution in [3.05, 3.63) is 23.5 Å². The Balaban J connectivity index is 0.00000147. The van der Waals surface area contributed by atoms with Gasteiger partial charge in [0.05, 0.1) is 18.2 Å². The maximum atomic E-state index is 11.3. The molecule has 108 valence electrons. The van der Waals surface area contributed by atoms with Crippen LogP contribution in [0.3, 0.4) is 0 Å². The number of halogens is 1. The van der Waals surface area contributed by atoms with Crippen molar-refractivity contribution in [2.45, 2.75) is 31.6 Å². The number of ether oxygens (including phenoxy) is 1. The maximum absolute atomic E-state index is 11.3. The number of benzene rings is 1. The van der Waals surface area contributed by atoms with Gasteiger partial charge in [-0.1, -0.05) is 12.8 Å². The summed E-state index contributed by atoms with van der Waals surface area (Å²) in [6.45, 7) is 0. The first kappa shape index (κ1) is 14.7. The summed E-state index contributed by atoms with van der Waals surface area (Å²) in [5.74, 6) is 0.966. The summed E-state index contributed by atoms with van der Waals surface area (Å²) in [7, 11) is 1.57. The first-order valence-corrected chi connectivity index (χ1v) is 6.50. The Labute approximate surface area is 122 Å². The van der Waals surface area contributed by atoms with E-state index in [4.69, 9.17) is 4.74 Å². The first-order chi connectivity index (χ1) is 9.20. The van der Waals surface area contributed by atoms with E-state index in [0.29, 0.717) is 22.7 Å². The third-order valence-corrected chi connectivity index (χ3v) is 3.82. The van der Waals surface area contributed by atoms with Crippen molar-refractivity contribution in [2.24, 2.45) is 0 Å². The minimum Gasteiger partial charge on any atom is -0.494 e. The van der Waals surface area contributed by atoms with Crippen LogP contribution in [0.25, 0.3) is 11.0 Å². The van der Waals surface area contributed by atoms with Crippen molar-refractivity contribution in [1.82, 2.24) is 9.97 Å². The van der Waals surface area contributed by atoms with Crippen molar-refractivity contribution in [1.29, 1.82) is 0 Å². The van der Waals surface area contributed by atoms with Gasteiger partial charge in [0.15, 0.2) is 0 Å². The normalized spacial score (nSPS) is 15.2. The van der Waals surface area contributed by atoms with E-state index in [9.17, 15) is 9.90 Å². The van der Waals surface area contributed by atoms with E-state index in [2.05, 4.69) is 9.97 Å². The molecule has 0 atom stereocenters. The summed E-state index contributed by atoms with van der Waals surface area (Å²) in [6, 6.07) is 3.21. The van der Waals surface area contributed by atoms with Crippen LogP contribution in [-0.2, 0) is 0 Å². The van der Waals surface area contributed by atoms with E-state index in [1.165, 1.54) is 12.8 Å². The van der Waals surface area contributed by atoms with Crippen molar-refractivity contribution in [3.8, 4) is 5.75 Å². The molecule has 5 nitrogen and oxygen atoms in total. The molecule has 20 heavy (non-hydrogen) atoms. The van der Waals surface area contributed by atoms with Gasteiger partial charge in [0.25, 0.3) is 0 Å². The number of carboxylic acids is 1. The highest BCUT2D eigenvalue weighted by Crippen LogP contribution is 2.35. The second kappa shape index (κ2) is 5.71. The Morgan fingerprint density at radius 3 is 2.70 bits per heavy atom. The average Bonchev–Trinajstić information content (AvgIpc) is 3.05. The van der Waals surface area contributed by atoms with Crippen LogP contribution >= 0.6 is 12.4 Å². The van der Waals surface area contributed by atoms with Crippen LogP contribution in [0, 0.1) is 0 Å². The third-order valence-electron chi connectivity index (χ3n) is 3.82. The highest BCUT2D eigenvalue weighted by atomic mass is 35.5. The lowest BCUT2D eigenvalue weighted by molar-refractivity contribution is 0.0699. The molecule has 1 heterocycles. The SMILES string of the molecule is COc1ccc(C(=O)O)c2[nH]c(C3CCCC3)nc12.Cl. The van der Waals surface area contributed by atoms with Gasteiger partial charge < -0.3 is 14.8 Å². The lowest BCUT2D eigenvalue weighted by atomic mass is 10.1. The number of carboxylic acid groups (broad SMARTS) is 1. The van der Waals surface area contributed by atoms with Crippen molar-refractivity contribution in [2.75, 3.05) is 7.11 Å². The fraction of sp³-hybridized carbons (Fsp3) is 0.429. The zero-order chi connectivity index (χ0) is 13.4. The van der Waals surface area contributed by atoms with E-state index in [1.54, 1.807) is 19.2 Å². The van der Waals surface area contributed by atoms with E-state index >= 15 is 0 Å². The summed E-state index contributed by atoms with van der Waals surface area (Å²) in [5, 5.41) is 9.23. The monoisotopic (exact) mass is 296 g/mol. The van der Waals surface area contributed by atoms with Gasteiger partial charge in [-0.15, -0.1) is 12.4 Å². The number of hydrogen-bond donors (Lipinski definition) is 2. The second-order valence-electron chi connectivity index (χ2n) is 4.95. The molecule has 3 rings (SSSR count). The van der Waals surface area contributed by atoms with Gasteiger partial charge >= 0.3 is 5.97 Å². The Morgan fingerprint density at radius 1 is 1.40 bits per heavy atom. The molecule has 2 aromatic rings. The minimum atomic E-state index is -0.950. The number of nitrogens with one attached hydrogen (secondary N) is 1. The summed E-state index contributed by atoms with van der Waals surface area (Å²) in [4.78, 5) is 19.0. The molecule has 0 bridgehead atoms. The number of methoxy groups -OCH3 is 1. The second-order valence-corrected chi connectivity index (χ2v) is 4.95. The van der Waals surface area contributed by atoms with Crippen molar-refractivity contribution in [3.63, 3.8) is 0 Å². The highest BCUT2D eigenvalue weighted by Gasteiger charge is 2.23. The van der Waals surface area contributed by atoms with Gasteiger partial charge in [-0.2, -0.15) is 0 Å². The Kier molecular flexibility index (Phi) is 4.18. The standard InChI is InChI=1S/C14H16N2O3.ClH/c1-19-10-7-6-9(14(17)18)11-12(10)16-13(15-11)8-4-2-3-5-8;/h6-8H,2-5H2,1H3,(H,15,16)(H,17,18);1H. The lowest BCUT2D eigenvalue weighted by Gasteiger charge is -2.02. The molecule has 0 radical (unpaired) electrons. The van der Waals surface area contributed by atoms with Gasteiger partial charge in [0.1, 0.15) is 17.1 Å². The predicted molar refractivity (Wildman–Crippen MR) is 78.1 cm³/mol. The number of imidazole rings is 1. The number of fused-ring (bicyclic) bond motifs is 1. The van der Waals surface area contributed by atoms with Gasteiger partial charge in [0.2, 0.25) is 0 Å². The molecule has 0 amide bonds. The zero-order valence-electron chi connectivity index (χ0n) is 11.2. The van der Waals surface area contributed by atoms with Crippen molar-refractivity contribution >= 4 is 29.4 Å². The molecule has 1 aromatic carbocycles. The van der Waals surface area contributed by atoms with Crippen LogP contribution < -0.4 is 4.74 Å². The molecule has 1 aromatic heterocycles. The number of aromatic amines is 1. The van der Waals surface area contributed by atoms with E-state index in [1.807, 2.05) is 0 Å². The summed E-state index contributed by atoms with van der Waals surface area (Å²) >= 11 is 0. The average molecular weight is 297 g/mol. The quantitative estimate of drug-likeness (QED) is 0.911. The number of H-pyrrole nitrogens is 1. The number of carbonyl (C=O) groups is 1. The molecular weight excluding hydrogens is 280 g/mol. The molecular formula is C14H17ClN2O3. The van der Waals surface area contributed by atoms with Gasteiger partial charge in [-0.3, -0.25) is 0 Å². The largest absolute Gasteiger partial charge is 0.494 e. The molecule has 1 saturated carbocycles. The van der Waals surface area contributed by atoms with Crippen molar-refractivity contribution < 1.29 is 14.6 Å². The topological polar surface area (TPSA) is 75.2 Å².